The summed E-state index contributed by atoms with van der Waals surface area (Å²) in [4.78, 5) is 11.1. The molecule has 1 aliphatic heterocycles. The van der Waals surface area contributed by atoms with E-state index in [4.69, 9.17) is 4.74 Å². The van der Waals surface area contributed by atoms with Gasteiger partial charge < -0.3 is 9.22 Å². The second kappa shape index (κ2) is 5.35. The molecule has 0 radical (unpaired) electrons. The van der Waals surface area contributed by atoms with Gasteiger partial charge in [0.25, 0.3) is 0 Å². The molecule has 0 aromatic carbocycles. The normalized spacial score (nSPS) is 21.4. The number of esters is 1. The fourth-order valence-electron chi connectivity index (χ4n) is 2.37. The number of cyclic esters (lactones) is 1. The van der Waals surface area contributed by atoms with E-state index in [1.165, 1.54) is 25.9 Å². The Morgan fingerprint density at radius 3 is 2.43 bits per heavy atom. The Bertz CT molecular complexity index is 186. The van der Waals surface area contributed by atoms with E-state index in [0.717, 1.165) is 17.6 Å². The maximum atomic E-state index is 11.1. The van der Waals surface area contributed by atoms with Crippen LogP contribution in [-0.4, -0.2) is 43.2 Å². The predicted octanol–water partition coefficient (Wildman–Crippen LogP) is 1.57. The highest BCUT2D eigenvalue weighted by Gasteiger charge is 2.29. The first-order valence-corrected chi connectivity index (χ1v) is 5.73. The lowest BCUT2D eigenvalue weighted by molar-refractivity contribution is -0.926. The zero-order valence-electron chi connectivity index (χ0n) is 9.42. The summed E-state index contributed by atoms with van der Waals surface area (Å²) >= 11 is 0. The monoisotopic (exact) mass is 200 g/mol. The van der Waals surface area contributed by atoms with E-state index < -0.39 is 0 Å². The van der Waals surface area contributed by atoms with Gasteiger partial charge >= 0.3 is 5.97 Å². The van der Waals surface area contributed by atoms with Gasteiger partial charge in [0.15, 0.2) is 0 Å². The first-order valence-electron chi connectivity index (χ1n) is 5.73. The minimum absolute atomic E-state index is 0.0165. The molecule has 1 fully saturated rings. The third kappa shape index (κ3) is 2.98. The SMILES string of the molecule is CCC[N+]1(CCC)CCOC(=O)CC1. The average molecular weight is 200 g/mol. The van der Waals surface area contributed by atoms with Crippen molar-refractivity contribution in [1.29, 1.82) is 0 Å². The molecule has 0 saturated carbocycles. The number of carbonyl (C=O) groups is 1. The molecule has 82 valence electrons. The molecule has 14 heavy (non-hydrogen) atoms. The molecule has 0 aliphatic carbocycles. The number of rotatable bonds is 4. The van der Waals surface area contributed by atoms with E-state index in [0.29, 0.717) is 13.0 Å². The fraction of sp³-hybridized carbons (Fsp3) is 0.909. The molecule has 1 saturated heterocycles. The van der Waals surface area contributed by atoms with Crippen molar-refractivity contribution < 1.29 is 14.0 Å². The van der Waals surface area contributed by atoms with Gasteiger partial charge in [-0.25, -0.2) is 0 Å². The molecule has 3 nitrogen and oxygen atoms in total. The largest absolute Gasteiger partial charge is 0.460 e. The highest BCUT2D eigenvalue weighted by atomic mass is 16.5. The summed E-state index contributed by atoms with van der Waals surface area (Å²) in [6.07, 6.45) is 2.97. The molecule has 0 bridgehead atoms. The quantitative estimate of drug-likeness (QED) is 0.508. The minimum atomic E-state index is -0.0165. The number of hydrogen-bond donors (Lipinski definition) is 0. The molecule has 1 heterocycles. The topological polar surface area (TPSA) is 26.3 Å². The smallest absolute Gasteiger partial charge is 0.311 e. The Balaban J connectivity index is 2.59. The predicted molar refractivity (Wildman–Crippen MR) is 55.9 cm³/mol. The van der Waals surface area contributed by atoms with Crippen LogP contribution in [0.3, 0.4) is 0 Å². The Labute approximate surface area is 86.6 Å². The van der Waals surface area contributed by atoms with Gasteiger partial charge in [-0.05, 0) is 12.8 Å². The summed E-state index contributed by atoms with van der Waals surface area (Å²) < 4.78 is 6.18. The zero-order chi connectivity index (χ0) is 10.4. The number of hydrogen-bond acceptors (Lipinski definition) is 2. The Kier molecular flexibility index (Phi) is 4.39. The average Bonchev–Trinajstić information content (AvgIpc) is 2.31. The van der Waals surface area contributed by atoms with Crippen LogP contribution in [0.4, 0.5) is 0 Å². The van der Waals surface area contributed by atoms with E-state index in [-0.39, 0.29) is 5.97 Å². The van der Waals surface area contributed by atoms with Gasteiger partial charge in [0.05, 0.1) is 26.1 Å². The van der Waals surface area contributed by atoms with E-state index in [9.17, 15) is 4.79 Å². The summed E-state index contributed by atoms with van der Waals surface area (Å²) in [6, 6.07) is 0. The number of nitrogens with zero attached hydrogens (tertiary/aromatic N) is 1. The third-order valence-electron chi connectivity index (χ3n) is 3.01. The summed E-state index contributed by atoms with van der Waals surface area (Å²) in [5.74, 6) is -0.0165. The molecule has 1 aliphatic rings. The van der Waals surface area contributed by atoms with Crippen LogP contribution in [0.2, 0.25) is 0 Å². The maximum Gasteiger partial charge on any atom is 0.311 e. The second-order valence-corrected chi connectivity index (χ2v) is 4.21. The standard InChI is InChI=1S/C11H22NO2/c1-3-6-12(7-4-2)8-5-11(13)14-10-9-12/h3-10H2,1-2H3/q+1. The van der Waals surface area contributed by atoms with Gasteiger partial charge in [-0.15, -0.1) is 0 Å². The first kappa shape index (κ1) is 11.5. The van der Waals surface area contributed by atoms with E-state index in [1.54, 1.807) is 0 Å². The molecule has 3 heteroatoms. The molecule has 1 rings (SSSR count). The fourth-order valence-corrected chi connectivity index (χ4v) is 2.37. The lowest BCUT2D eigenvalue weighted by Crippen LogP contribution is -2.50. The lowest BCUT2D eigenvalue weighted by atomic mass is 10.2. The molecule has 0 unspecified atom stereocenters. The maximum absolute atomic E-state index is 11.1. The lowest BCUT2D eigenvalue weighted by Gasteiger charge is -2.36. The number of quaternary nitrogens is 1. The van der Waals surface area contributed by atoms with Crippen LogP contribution in [0.15, 0.2) is 0 Å². The summed E-state index contributed by atoms with van der Waals surface area (Å²) in [5, 5.41) is 0. The van der Waals surface area contributed by atoms with Crippen LogP contribution in [0.5, 0.6) is 0 Å². The van der Waals surface area contributed by atoms with Crippen molar-refractivity contribution in [2.45, 2.75) is 33.1 Å². The molecular formula is C11H22NO2+. The van der Waals surface area contributed by atoms with Crippen LogP contribution in [0, 0.1) is 0 Å². The van der Waals surface area contributed by atoms with E-state index in [2.05, 4.69) is 13.8 Å². The van der Waals surface area contributed by atoms with Crippen molar-refractivity contribution in [2.24, 2.45) is 0 Å². The zero-order valence-corrected chi connectivity index (χ0v) is 9.42. The van der Waals surface area contributed by atoms with Gasteiger partial charge in [0.2, 0.25) is 0 Å². The molecule has 0 atom stereocenters. The molecule has 0 spiro atoms. The van der Waals surface area contributed by atoms with Crippen molar-refractivity contribution in [3.05, 3.63) is 0 Å². The molecule has 0 amide bonds. The Morgan fingerprint density at radius 2 is 1.86 bits per heavy atom. The minimum Gasteiger partial charge on any atom is -0.460 e. The van der Waals surface area contributed by atoms with Gasteiger partial charge in [-0.3, -0.25) is 4.79 Å². The van der Waals surface area contributed by atoms with Crippen molar-refractivity contribution in [3.8, 4) is 0 Å². The molecule has 0 aromatic heterocycles. The molecule has 0 N–H and O–H groups in total. The van der Waals surface area contributed by atoms with Crippen molar-refractivity contribution in [2.75, 3.05) is 32.8 Å². The van der Waals surface area contributed by atoms with Crippen LogP contribution in [0.25, 0.3) is 0 Å². The van der Waals surface area contributed by atoms with Crippen molar-refractivity contribution >= 4 is 5.97 Å². The van der Waals surface area contributed by atoms with E-state index >= 15 is 0 Å². The van der Waals surface area contributed by atoms with Gasteiger partial charge in [0, 0.05) is 0 Å². The highest BCUT2D eigenvalue weighted by Crippen LogP contribution is 2.14. The Morgan fingerprint density at radius 1 is 1.21 bits per heavy atom. The van der Waals surface area contributed by atoms with Crippen molar-refractivity contribution in [1.82, 2.24) is 0 Å². The second-order valence-electron chi connectivity index (χ2n) is 4.21. The number of carbonyl (C=O) groups excluding carboxylic acids is 1. The van der Waals surface area contributed by atoms with E-state index in [1.807, 2.05) is 0 Å². The summed E-state index contributed by atoms with van der Waals surface area (Å²) in [7, 11) is 0. The molecular weight excluding hydrogens is 178 g/mol. The number of ether oxygens (including phenoxy) is 1. The van der Waals surface area contributed by atoms with Gasteiger partial charge in [0.1, 0.15) is 13.2 Å². The van der Waals surface area contributed by atoms with Gasteiger partial charge in [-0.2, -0.15) is 0 Å². The van der Waals surface area contributed by atoms with Crippen LogP contribution in [-0.2, 0) is 9.53 Å². The first-order chi connectivity index (χ1) is 6.72. The Hall–Kier alpha value is -0.570. The van der Waals surface area contributed by atoms with Crippen LogP contribution < -0.4 is 0 Å². The van der Waals surface area contributed by atoms with Crippen molar-refractivity contribution in [3.63, 3.8) is 0 Å². The van der Waals surface area contributed by atoms with Gasteiger partial charge in [-0.1, -0.05) is 13.8 Å². The third-order valence-corrected chi connectivity index (χ3v) is 3.01. The highest BCUT2D eigenvalue weighted by molar-refractivity contribution is 5.69. The molecule has 0 aromatic rings. The summed E-state index contributed by atoms with van der Waals surface area (Å²) in [5.41, 5.74) is 0. The van der Waals surface area contributed by atoms with Crippen LogP contribution in [0.1, 0.15) is 33.1 Å². The summed E-state index contributed by atoms with van der Waals surface area (Å²) in [6.45, 7) is 9.38. The van der Waals surface area contributed by atoms with Crippen LogP contribution >= 0.6 is 0 Å².